The Morgan fingerprint density at radius 3 is 2.33 bits per heavy atom. The molecule has 6 rings (SSSR count). The lowest BCUT2D eigenvalue weighted by Crippen LogP contribution is -2.48. The minimum Gasteiger partial charge on any atom is -0.481 e. The van der Waals surface area contributed by atoms with Crippen LogP contribution in [-0.4, -0.2) is 41.0 Å². The molecule has 33 heavy (non-hydrogen) atoms. The topological polar surface area (TPSA) is 60.9 Å². The number of aliphatic carboxylic acids is 1. The van der Waals surface area contributed by atoms with Crippen molar-refractivity contribution in [3.05, 3.63) is 77.4 Å². The number of likely N-dealkylation sites (tertiary alicyclic amines) is 1. The second-order valence-electron chi connectivity index (χ2n) is 9.71. The summed E-state index contributed by atoms with van der Waals surface area (Å²) in [7, 11) is 0. The first-order valence-electron chi connectivity index (χ1n) is 11.9. The summed E-state index contributed by atoms with van der Waals surface area (Å²) in [6.07, 6.45) is 1.65. The molecule has 1 saturated heterocycles. The molecule has 1 N–H and O–H groups in total. The first-order valence-corrected chi connectivity index (χ1v) is 11.9. The Bertz CT molecular complexity index is 1260. The van der Waals surface area contributed by atoms with Gasteiger partial charge in [0.2, 0.25) is 5.91 Å². The molecule has 3 aromatic rings. The average Bonchev–Trinajstić information content (AvgIpc) is 3.27. The quantitative estimate of drug-likeness (QED) is 0.616. The SMILES string of the molecule is C[C@H]1c2cccc3cccc(c23)[C@H]1N1CCC(N2C(=O)C(CC(=O)O)c3ccccc32)CC1. The maximum atomic E-state index is 13.3. The van der Waals surface area contributed by atoms with Gasteiger partial charge in [-0.3, -0.25) is 14.5 Å². The van der Waals surface area contributed by atoms with Crippen molar-refractivity contribution in [3.63, 3.8) is 0 Å². The van der Waals surface area contributed by atoms with E-state index in [9.17, 15) is 14.7 Å². The number of carbonyl (C=O) groups is 2. The molecule has 5 heteroatoms. The van der Waals surface area contributed by atoms with Crippen LogP contribution in [0.5, 0.6) is 0 Å². The highest BCUT2D eigenvalue weighted by atomic mass is 16.4. The summed E-state index contributed by atoms with van der Waals surface area (Å²) < 4.78 is 0. The Balaban J connectivity index is 1.24. The van der Waals surface area contributed by atoms with Crippen LogP contribution in [-0.2, 0) is 9.59 Å². The maximum Gasteiger partial charge on any atom is 0.304 e. The number of nitrogens with zero attached hydrogens (tertiary/aromatic N) is 2. The molecule has 1 aliphatic carbocycles. The molecule has 3 atom stereocenters. The number of fused-ring (bicyclic) bond motifs is 1. The highest BCUT2D eigenvalue weighted by Crippen LogP contribution is 2.49. The van der Waals surface area contributed by atoms with Crippen LogP contribution >= 0.6 is 0 Å². The summed E-state index contributed by atoms with van der Waals surface area (Å²) in [6, 6.07) is 21.5. The number of anilines is 1. The van der Waals surface area contributed by atoms with Crippen LogP contribution in [0.1, 0.15) is 60.8 Å². The Hall–Kier alpha value is -3.18. The van der Waals surface area contributed by atoms with Crippen LogP contribution in [0.15, 0.2) is 60.7 Å². The predicted molar refractivity (Wildman–Crippen MR) is 129 cm³/mol. The van der Waals surface area contributed by atoms with Crippen molar-refractivity contribution in [1.29, 1.82) is 0 Å². The summed E-state index contributed by atoms with van der Waals surface area (Å²) in [6.45, 7) is 4.20. The van der Waals surface area contributed by atoms with E-state index in [4.69, 9.17) is 0 Å². The van der Waals surface area contributed by atoms with E-state index < -0.39 is 11.9 Å². The van der Waals surface area contributed by atoms with Gasteiger partial charge in [-0.1, -0.05) is 61.5 Å². The van der Waals surface area contributed by atoms with Crippen LogP contribution < -0.4 is 4.90 Å². The van der Waals surface area contributed by atoms with Crippen LogP contribution in [0, 0.1) is 0 Å². The largest absolute Gasteiger partial charge is 0.481 e. The first kappa shape index (κ1) is 20.4. The lowest BCUT2D eigenvalue weighted by atomic mass is 9.93. The van der Waals surface area contributed by atoms with Gasteiger partial charge in [-0.15, -0.1) is 0 Å². The van der Waals surface area contributed by atoms with Crippen molar-refractivity contribution in [3.8, 4) is 0 Å². The Morgan fingerprint density at radius 2 is 1.61 bits per heavy atom. The summed E-state index contributed by atoms with van der Waals surface area (Å²) in [5.74, 6) is -1.11. The van der Waals surface area contributed by atoms with E-state index in [2.05, 4.69) is 48.2 Å². The molecule has 3 aromatic carbocycles. The zero-order valence-electron chi connectivity index (χ0n) is 18.8. The molecule has 0 spiro atoms. The fourth-order valence-corrected chi connectivity index (χ4v) is 6.57. The third-order valence-corrected chi connectivity index (χ3v) is 8.00. The van der Waals surface area contributed by atoms with Gasteiger partial charge in [0.25, 0.3) is 0 Å². The fraction of sp³-hybridized carbons (Fsp3) is 0.357. The summed E-state index contributed by atoms with van der Waals surface area (Å²) in [4.78, 5) is 29.2. The molecule has 1 unspecified atom stereocenters. The standard InChI is InChI=1S/C28H28N2O3/c1-17-20-9-4-6-18-7-5-10-22(26(18)20)27(17)29-14-12-19(13-15-29)30-24-11-3-2-8-21(24)23(28(30)33)16-25(31)32/h2-11,17,19,23,27H,12-16H2,1H3,(H,31,32)/t17-,23?,27-/m0/s1. The zero-order valence-corrected chi connectivity index (χ0v) is 18.8. The molecule has 0 radical (unpaired) electrons. The van der Waals surface area contributed by atoms with Gasteiger partial charge in [-0.2, -0.15) is 0 Å². The molecule has 0 saturated carbocycles. The van der Waals surface area contributed by atoms with E-state index in [1.807, 2.05) is 29.2 Å². The molecule has 5 nitrogen and oxygen atoms in total. The number of carboxylic acid groups (broad SMARTS) is 1. The zero-order chi connectivity index (χ0) is 22.7. The molecule has 1 fully saturated rings. The smallest absolute Gasteiger partial charge is 0.304 e. The highest BCUT2D eigenvalue weighted by Gasteiger charge is 2.43. The molecule has 3 aliphatic rings. The van der Waals surface area contributed by atoms with E-state index in [0.29, 0.717) is 12.0 Å². The second kappa shape index (κ2) is 7.70. The number of piperidine rings is 1. The third kappa shape index (κ3) is 3.10. The van der Waals surface area contributed by atoms with Crippen LogP contribution in [0.4, 0.5) is 5.69 Å². The summed E-state index contributed by atoms with van der Waals surface area (Å²) in [5.41, 5.74) is 4.63. The number of carboxylic acids is 1. The number of hydrogen-bond acceptors (Lipinski definition) is 3. The van der Waals surface area contributed by atoms with Gasteiger partial charge in [0, 0.05) is 36.8 Å². The molecule has 168 valence electrons. The minimum atomic E-state index is -0.927. The highest BCUT2D eigenvalue weighted by molar-refractivity contribution is 6.06. The Kier molecular flexibility index (Phi) is 4.77. The molecule has 1 amide bonds. The third-order valence-electron chi connectivity index (χ3n) is 8.00. The fourth-order valence-electron chi connectivity index (χ4n) is 6.57. The molecular formula is C28H28N2O3. The average molecular weight is 441 g/mol. The molecule has 0 aromatic heterocycles. The van der Waals surface area contributed by atoms with Gasteiger partial charge < -0.3 is 10.0 Å². The number of amides is 1. The minimum absolute atomic E-state index is 0.0524. The van der Waals surface area contributed by atoms with Gasteiger partial charge in [0.1, 0.15) is 0 Å². The van der Waals surface area contributed by atoms with E-state index in [0.717, 1.165) is 37.2 Å². The summed E-state index contributed by atoms with van der Waals surface area (Å²) in [5, 5.41) is 12.1. The van der Waals surface area contributed by atoms with Crippen molar-refractivity contribution >= 4 is 28.3 Å². The second-order valence-corrected chi connectivity index (χ2v) is 9.71. The van der Waals surface area contributed by atoms with E-state index in [1.165, 1.54) is 21.9 Å². The summed E-state index contributed by atoms with van der Waals surface area (Å²) >= 11 is 0. The lowest BCUT2D eigenvalue weighted by Gasteiger charge is -2.41. The van der Waals surface area contributed by atoms with E-state index >= 15 is 0 Å². The molecule has 0 bridgehead atoms. The van der Waals surface area contributed by atoms with Crippen molar-refractivity contribution in [2.24, 2.45) is 0 Å². The van der Waals surface area contributed by atoms with Gasteiger partial charge in [0.15, 0.2) is 0 Å². The lowest BCUT2D eigenvalue weighted by molar-refractivity contribution is -0.139. The van der Waals surface area contributed by atoms with Crippen molar-refractivity contribution in [1.82, 2.24) is 4.90 Å². The van der Waals surface area contributed by atoms with Crippen LogP contribution in [0.25, 0.3) is 10.8 Å². The molecular weight excluding hydrogens is 412 g/mol. The first-order chi connectivity index (χ1) is 16.0. The normalized spacial score (nSPS) is 25.1. The monoisotopic (exact) mass is 440 g/mol. The number of hydrogen-bond donors (Lipinski definition) is 1. The number of benzene rings is 3. The van der Waals surface area contributed by atoms with Gasteiger partial charge >= 0.3 is 5.97 Å². The Labute approximate surface area is 193 Å². The van der Waals surface area contributed by atoms with Gasteiger partial charge in [-0.05, 0) is 46.4 Å². The van der Waals surface area contributed by atoms with Gasteiger partial charge in [0.05, 0.1) is 12.3 Å². The molecule has 2 aliphatic heterocycles. The maximum absolute atomic E-state index is 13.3. The van der Waals surface area contributed by atoms with Gasteiger partial charge in [-0.25, -0.2) is 0 Å². The number of para-hydroxylation sites is 1. The Morgan fingerprint density at radius 1 is 0.939 bits per heavy atom. The van der Waals surface area contributed by atoms with E-state index in [-0.39, 0.29) is 18.4 Å². The number of carbonyl (C=O) groups excluding carboxylic acids is 1. The van der Waals surface area contributed by atoms with E-state index in [1.54, 1.807) is 0 Å². The number of rotatable bonds is 4. The van der Waals surface area contributed by atoms with Crippen LogP contribution in [0.2, 0.25) is 0 Å². The van der Waals surface area contributed by atoms with Crippen molar-refractivity contribution in [2.75, 3.05) is 18.0 Å². The van der Waals surface area contributed by atoms with Crippen molar-refractivity contribution in [2.45, 2.75) is 50.1 Å². The molecule has 2 heterocycles. The van der Waals surface area contributed by atoms with Crippen molar-refractivity contribution < 1.29 is 14.7 Å². The predicted octanol–water partition coefficient (Wildman–Crippen LogP) is 5.07. The van der Waals surface area contributed by atoms with Crippen LogP contribution in [0.3, 0.4) is 0 Å².